The van der Waals surface area contributed by atoms with Gasteiger partial charge in [-0.1, -0.05) is 86.5 Å². The standard InChI is InChI=1S/C19H30BrN/c1-15(2)21-14-18(16-9-5-3-4-6-10-16)13-17-11-7-8-12-19(17)20/h7-8,11-12,15-16,18,21H,3-6,9-10,13-14H2,1-2H3. The Kier molecular flexibility index (Phi) is 7.25. The van der Waals surface area contributed by atoms with Gasteiger partial charge in [-0.2, -0.15) is 0 Å². The van der Waals surface area contributed by atoms with Gasteiger partial charge in [0.25, 0.3) is 0 Å². The third-order valence-electron chi connectivity index (χ3n) is 4.79. The van der Waals surface area contributed by atoms with Crippen LogP contribution in [0.25, 0.3) is 0 Å². The molecule has 1 aliphatic rings. The third-order valence-corrected chi connectivity index (χ3v) is 5.57. The lowest BCUT2D eigenvalue weighted by Gasteiger charge is -2.28. The van der Waals surface area contributed by atoms with Crippen LogP contribution in [0.15, 0.2) is 28.7 Å². The van der Waals surface area contributed by atoms with Crippen LogP contribution in [-0.2, 0) is 6.42 Å². The second-order valence-electron chi connectivity index (χ2n) is 6.87. The van der Waals surface area contributed by atoms with Gasteiger partial charge in [0.1, 0.15) is 0 Å². The van der Waals surface area contributed by atoms with Crippen molar-refractivity contribution in [3.8, 4) is 0 Å². The van der Waals surface area contributed by atoms with Crippen molar-refractivity contribution in [2.75, 3.05) is 6.54 Å². The topological polar surface area (TPSA) is 12.0 Å². The monoisotopic (exact) mass is 351 g/mol. The van der Waals surface area contributed by atoms with Crippen LogP contribution in [0.4, 0.5) is 0 Å². The second kappa shape index (κ2) is 8.95. The number of hydrogen-bond acceptors (Lipinski definition) is 1. The van der Waals surface area contributed by atoms with E-state index >= 15 is 0 Å². The molecule has 0 saturated heterocycles. The van der Waals surface area contributed by atoms with Gasteiger partial charge in [-0.15, -0.1) is 0 Å². The Hall–Kier alpha value is -0.340. The fourth-order valence-electron chi connectivity index (χ4n) is 3.52. The molecule has 2 heteroatoms. The van der Waals surface area contributed by atoms with E-state index in [0.717, 1.165) is 18.4 Å². The molecular formula is C19H30BrN. The van der Waals surface area contributed by atoms with Crippen molar-refractivity contribution < 1.29 is 0 Å². The van der Waals surface area contributed by atoms with Gasteiger partial charge in [-0.05, 0) is 36.4 Å². The average Bonchev–Trinajstić information content (AvgIpc) is 2.74. The van der Waals surface area contributed by atoms with Gasteiger partial charge in [0.2, 0.25) is 0 Å². The molecule has 1 unspecified atom stereocenters. The Morgan fingerprint density at radius 2 is 1.76 bits per heavy atom. The third kappa shape index (κ3) is 5.75. The fourth-order valence-corrected chi connectivity index (χ4v) is 3.97. The summed E-state index contributed by atoms with van der Waals surface area (Å²) in [5, 5.41) is 3.69. The van der Waals surface area contributed by atoms with Gasteiger partial charge >= 0.3 is 0 Å². The van der Waals surface area contributed by atoms with Crippen LogP contribution >= 0.6 is 15.9 Å². The van der Waals surface area contributed by atoms with Crippen LogP contribution < -0.4 is 5.32 Å². The second-order valence-corrected chi connectivity index (χ2v) is 7.72. The van der Waals surface area contributed by atoms with Crippen molar-refractivity contribution in [3.05, 3.63) is 34.3 Å². The summed E-state index contributed by atoms with van der Waals surface area (Å²) in [4.78, 5) is 0. The van der Waals surface area contributed by atoms with E-state index in [0.29, 0.717) is 6.04 Å². The highest BCUT2D eigenvalue weighted by Gasteiger charge is 2.23. The van der Waals surface area contributed by atoms with E-state index in [1.807, 2.05) is 0 Å². The molecule has 21 heavy (non-hydrogen) atoms. The molecule has 1 saturated carbocycles. The molecule has 1 N–H and O–H groups in total. The van der Waals surface area contributed by atoms with E-state index in [1.54, 1.807) is 0 Å². The maximum Gasteiger partial charge on any atom is 0.0207 e. The van der Waals surface area contributed by atoms with Gasteiger partial charge in [0, 0.05) is 10.5 Å². The maximum atomic E-state index is 3.72. The van der Waals surface area contributed by atoms with Crippen molar-refractivity contribution in [3.63, 3.8) is 0 Å². The van der Waals surface area contributed by atoms with Crippen LogP contribution in [0.3, 0.4) is 0 Å². The highest BCUT2D eigenvalue weighted by atomic mass is 79.9. The van der Waals surface area contributed by atoms with E-state index in [2.05, 4.69) is 59.4 Å². The van der Waals surface area contributed by atoms with Crippen molar-refractivity contribution in [1.82, 2.24) is 5.32 Å². The SMILES string of the molecule is CC(C)NCC(Cc1ccccc1Br)C1CCCCCC1. The molecule has 1 aliphatic carbocycles. The number of rotatable bonds is 6. The van der Waals surface area contributed by atoms with Gasteiger partial charge in [-0.3, -0.25) is 0 Å². The Balaban J connectivity index is 2.05. The minimum absolute atomic E-state index is 0.581. The summed E-state index contributed by atoms with van der Waals surface area (Å²) in [5.74, 6) is 1.66. The van der Waals surface area contributed by atoms with Crippen molar-refractivity contribution in [2.24, 2.45) is 11.8 Å². The molecule has 0 aromatic heterocycles. The van der Waals surface area contributed by atoms with E-state index in [9.17, 15) is 0 Å². The number of hydrogen-bond donors (Lipinski definition) is 1. The largest absolute Gasteiger partial charge is 0.314 e. The Morgan fingerprint density at radius 1 is 1.10 bits per heavy atom. The summed E-state index contributed by atoms with van der Waals surface area (Å²) in [6, 6.07) is 9.32. The van der Waals surface area contributed by atoms with Crippen LogP contribution in [0.2, 0.25) is 0 Å². The first-order valence-corrected chi connectivity index (χ1v) is 9.43. The molecule has 2 rings (SSSR count). The fraction of sp³-hybridized carbons (Fsp3) is 0.684. The predicted molar refractivity (Wildman–Crippen MR) is 95.7 cm³/mol. The highest BCUT2D eigenvalue weighted by molar-refractivity contribution is 9.10. The van der Waals surface area contributed by atoms with E-state index < -0.39 is 0 Å². The number of benzene rings is 1. The Labute approximate surface area is 139 Å². The molecular weight excluding hydrogens is 322 g/mol. The highest BCUT2D eigenvalue weighted by Crippen LogP contribution is 2.32. The van der Waals surface area contributed by atoms with Crippen LogP contribution in [0.1, 0.15) is 57.9 Å². The van der Waals surface area contributed by atoms with Crippen LogP contribution in [-0.4, -0.2) is 12.6 Å². The molecule has 1 aromatic carbocycles. The lowest BCUT2D eigenvalue weighted by molar-refractivity contribution is 0.278. The molecule has 0 spiro atoms. The summed E-state index contributed by atoms with van der Waals surface area (Å²) in [6.07, 6.45) is 9.79. The van der Waals surface area contributed by atoms with Gasteiger partial charge in [0.15, 0.2) is 0 Å². The molecule has 0 bridgehead atoms. The minimum Gasteiger partial charge on any atom is -0.314 e. The van der Waals surface area contributed by atoms with Crippen molar-refractivity contribution in [1.29, 1.82) is 0 Å². The summed E-state index contributed by atoms with van der Waals surface area (Å²) in [7, 11) is 0. The maximum absolute atomic E-state index is 3.72. The van der Waals surface area contributed by atoms with Crippen molar-refractivity contribution in [2.45, 2.75) is 64.8 Å². The first-order valence-electron chi connectivity index (χ1n) is 8.63. The van der Waals surface area contributed by atoms with Crippen LogP contribution in [0.5, 0.6) is 0 Å². The molecule has 1 aromatic rings. The zero-order valence-electron chi connectivity index (χ0n) is 13.6. The zero-order chi connectivity index (χ0) is 15.1. The Morgan fingerprint density at radius 3 is 2.38 bits per heavy atom. The molecule has 1 atom stereocenters. The first kappa shape index (κ1) is 17.0. The molecule has 1 nitrogen and oxygen atoms in total. The van der Waals surface area contributed by atoms with E-state index in [4.69, 9.17) is 0 Å². The van der Waals surface area contributed by atoms with Crippen molar-refractivity contribution >= 4 is 15.9 Å². The van der Waals surface area contributed by atoms with E-state index in [1.165, 1.54) is 55.0 Å². The molecule has 0 amide bonds. The number of halogens is 1. The summed E-state index contributed by atoms with van der Waals surface area (Å²) < 4.78 is 1.27. The zero-order valence-corrected chi connectivity index (χ0v) is 15.2. The molecule has 0 aliphatic heterocycles. The molecule has 1 fully saturated rings. The molecule has 0 radical (unpaired) electrons. The molecule has 118 valence electrons. The Bertz CT molecular complexity index is 408. The first-order chi connectivity index (χ1) is 10.2. The number of nitrogens with one attached hydrogen (secondary N) is 1. The van der Waals surface area contributed by atoms with Gasteiger partial charge in [0.05, 0.1) is 0 Å². The molecule has 0 heterocycles. The average molecular weight is 352 g/mol. The summed E-state index contributed by atoms with van der Waals surface area (Å²) in [6.45, 7) is 5.66. The quantitative estimate of drug-likeness (QED) is 0.660. The van der Waals surface area contributed by atoms with Gasteiger partial charge in [-0.25, -0.2) is 0 Å². The van der Waals surface area contributed by atoms with E-state index in [-0.39, 0.29) is 0 Å². The lowest BCUT2D eigenvalue weighted by Crippen LogP contribution is -2.33. The minimum atomic E-state index is 0.581. The normalized spacial score (nSPS) is 18.7. The smallest absolute Gasteiger partial charge is 0.0207 e. The predicted octanol–water partition coefficient (Wildman–Crippen LogP) is 5.58. The summed E-state index contributed by atoms with van der Waals surface area (Å²) >= 11 is 3.72. The lowest BCUT2D eigenvalue weighted by atomic mass is 9.82. The van der Waals surface area contributed by atoms with Crippen LogP contribution in [0, 0.1) is 11.8 Å². The van der Waals surface area contributed by atoms with Gasteiger partial charge < -0.3 is 5.32 Å². The summed E-state index contributed by atoms with van der Waals surface area (Å²) in [5.41, 5.74) is 1.47.